The van der Waals surface area contributed by atoms with E-state index in [2.05, 4.69) is 15.5 Å². The summed E-state index contributed by atoms with van der Waals surface area (Å²) in [7, 11) is 0. The lowest BCUT2D eigenvalue weighted by molar-refractivity contribution is 0.0573. The number of anilines is 2. The predicted octanol–water partition coefficient (Wildman–Crippen LogP) is 2.95. The van der Waals surface area contributed by atoms with E-state index in [0.29, 0.717) is 29.5 Å². The molecule has 1 amide bonds. The first-order valence-electron chi connectivity index (χ1n) is 12.6. The smallest absolute Gasteiger partial charge is 0.253 e. The fourth-order valence-electron chi connectivity index (χ4n) is 5.67. The maximum Gasteiger partial charge on any atom is 0.253 e. The average Bonchev–Trinajstić information content (AvgIpc) is 3.58. The van der Waals surface area contributed by atoms with Gasteiger partial charge in [0, 0.05) is 50.4 Å². The van der Waals surface area contributed by atoms with Crippen LogP contribution in [-0.2, 0) is 6.54 Å². The van der Waals surface area contributed by atoms with E-state index < -0.39 is 10.9 Å². The number of carbonyl (C=O) groups excluding carboxylic acids is 1. The molecule has 0 bridgehead atoms. The molecule has 0 atom stereocenters. The molecule has 2 saturated carbocycles. The molecule has 2 aromatic rings. The summed E-state index contributed by atoms with van der Waals surface area (Å²) in [5.41, 5.74) is 1.64. The van der Waals surface area contributed by atoms with Crippen molar-refractivity contribution in [1.82, 2.24) is 9.80 Å². The van der Waals surface area contributed by atoms with Gasteiger partial charge >= 0.3 is 0 Å². The molecule has 0 unspecified atom stereocenters. The molecule has 0 spiro atoms. The molecule has 1 aliphatic heterocycles. The van der Waals surface area contributed by atoms with Crippen LogP contribution in [0.25, 0.3) is 0 Å². The molecular weight excluding hydrogens is 416 g/mol. The van der Waals surface area contributed by atoms with Crippen molar-refractivity contribution in [2.75, 3.05) is 36.8 Å². The second-order valence-electron chi connectivity index (χ2n) is 9.85. The van der Waals surface area contributed by atoms with E-state index in [9.17, 15) is 14.4 Å². The van der Waals surface area contributed by atoms with Crippen LogP contribution in [0.3, 0.4) is 0 Å². The van der Waals surface area contributed by atoms with E-state index in [0.717, 1.165) is 63.5 Å². The highest BCUT2D eigenvalue weighted by atomic mass is 16.2. The number of piperazine rings is 1. The van der Waals surface area contributed by atoms with Crippen molar-refractivity contribution >= 4 is 17.3 Å². The first-order valence-corrected chi connectivity index (χ1v) is 12.6. The van der Waals surface area contributed by atoms with Crippen LogP contribution in [0.2, 0.25) is 0 Å². The third-order valence-electron chi connectivity index (χ3n) is 7.73. The van der Waals surface area contributed by atoms with Crippen LogP contribution in [0.15, 0.2) is 33.9 Å². The maximum atomic E-state index is 12.9. The number of amides is 1. The minimum Gasteiger partial charge on any atom is -0.377 e. The fraction of sp³-hybridized carbons (Fsp3) is 0.577. The van der Waals surface area contributed by atoms with E-state index >= 15 is 0 Å². The Kier molecular flexibility index (Phi) is 6.49. The lowest BCUT2D eigenvalue weighted by Crippen LogP contribution is -2.51. The van der Waals surface area contributed by atoms with E-state index in [1.807, 2.05) is 29.2 Å². The van der Waals surface area contributed by atoms with Crippen molar-refractivity contribution in [3.8, 4) is 0 Å². The summed E-state index contributed by atoms with van der Waals surface area (Å²) in [6.07, 6.45) is 9.70. The lowest BCUT2D eigenvalue weighted by Gasteiger charge is -2.38. The summed E-state index contributed by atoms with van der Waals surface area (Å²) in [6.45, 7) is 3.97. The molecule has 5 rings (SSSR count). The van der Waals surface area contributed by atoms with Gasteiger partial charge in [0.05, 0.1) is 0 Å². The van der Waals surface area contributed by atoms with Crippen LogP contribution >= 0.6 is 0 Å². The van der Waals surface area contributed by atoms with E-state index in [-0.39, 0.29) is 5.91 Å². The van der Waals surface area contributed by atoms with Crippen LogP contribution in [0.1, 0.15) is 67.3 Å². The van der Waals surface area contributed by atoms with Crippen molar-refractivity contribution in [2.45, 2.75) is 70.0 Å². The number of hydrogen-bond acceptors (Lipinski definition) is 6. The second-order valence-corrected chi connectivity index (χ2v) is 9.85. The predicted molar refractivity (Wildman–Crippen MR) is 131 cm³/mol. The Bertz CT molecular complexity index is 1040. The number of benzene rings is 1. The highest BCUT2D eigenvalue weighted by molar-refractivity contribution is 5.94. The summed E-state index contributed by atoms with van der Waals surface area (Å²) < 4.78 is 0. The molecule has 7 heteroatoms. The average molecular weight is 451 g/mol. The molecule has 1 saturated heterocycles. The zero-order valence-corrected chi connectivity index (χ0v) is 19.3. The standard InChI is InChI=1S/C26H34N4O3/c31-24-22(23(25(24)32)28-20-5-1-2-6-20)27-17-18-9-11-19(12-10-18)26(33)30-15-13-29(14-16-30)21-7-3-4-8-21/h9-12,20-21,27-28H,1-8,13-17H2. The minimum atomic E-state index is -0.445. The van der Waals surface area contributed by atoms with Gasteiger partial charge in [0.1, 0.15) is 11.4 Å². The molecule has 0 aromatic heterocycles. The Balaban J connectivity index is 1.14. The molecule has 7 nitrogen and oxygen atoms in total. The molecule has 2 N–H and O–H groups in total. The van der Waals surface area contributed by atoms with Crippen molar-refractivity contribution in [2.24, 2.45) is 0 Å². The molecular formula is C26H34N4O3. The zero-order chi connectivity index (χ0) is 22.8. The SMILES string of the molecule is O=C(c1ccc(CNc2c(NC3CCCC3)c(=O)c2=O)cc1)N1CCN(C2CCCC2)CC1. The number of rotatable bonds is 7. The topological polar surface area (TPSA) is 81.8 Å². The van der Waals surface area contributed by atoms with Gasteiger partial charge in [-0.3, -0.25) is 19.3 Å². The highest BCUT2D eigenvalue weighted by Gasteiger charge is 2.28. The first-order chi connectivity index (χ1) is 16.1. The molecule has 176 valence electrons. The van der Waals surface area contributed by atoms with Gasteiger partial charge in [-0.15, -0.1) is 0 Å². The molecule has 33 heavy (non-hydrogen) atoms. The molecule has 1 heterocycles. The van der Waals surface area contributed by atoms with Crippen molar-refractivity contribution in [1.29, 1.82) is 0 Å². The Hall–Kier alpha value is -2.67. The highest BCUT2D eigenvalue weighted by Crippen LogP contribution is 2.26. The summed E-state index contributed by atoms with van der Waals surface area (Å²) >= 11 is 0. The normalized spacial score (nSPS) is 20.5. The van der Waals surface area contributed by atoms with Gasteiger partial charge in [-0.05, 0) is 43.4 Å². The van der Waals surface area contributed by atoms with Crippen molar-refractivity contribution < 1.29 is 4.79 Å². The van der Waals surface area contributed by atoms with Crippen molar-refractivity contribution in [3.63, 3.8) is 0 Å². The summed E-state index contributed by atoms with van der Waals surface area (Å²) in [4.78, 5) is 41.5. The zero-order valence-electron chi connectivity index (χ0n) is 19.3. The Labute approximate surface area is 194 Å². The van der Waals surface area contributed by atoms with E-state index in [1.165, 1.54) is 25.7 Å². The maximum absolute atomic E-state index is 12.9. The molecule has 3 fully saturated rings. The summed E-state index contributed by atoms with van der Waals surface area (Å²) in [5.74, 6) is 0.0890. The third-order valence-corrected chi connectivity index (χ3v) is 7.73. The van der Waals surface area contributed by atoms with Crippen LogP contribution in [0.5, 0.6) is 0 Å². The van der Waals surface area contributed by atoms with Crippen LogP contribution < -0.4 is 21.5 Å². The monoisotopic (exact) mass is 450 g/mol. The third kappa shape index (κ3) is 4.69. The largest absolute Gasteiger partial charge is 0.377 e. The van der Waals surface area contributed by atoms with Gasteiger partial charge in [-0.2, -0.15) is 0 Å². The first kappa shape index (κ1) is 22.1. The Morgan fingerprint density at radius 1 is 0.818 bits per heavy atom. The quantitative estimate of drug-likeness (QED) is 0.632. The van der Waals surface area contributed by atoms with Gasteiger partial charge in [0.15, 0.2) is 0 Å². The lowest BCUT2D eigenvalue weighted by atomic mass is 10.1. The number of nitrogens with one attached hydrogen (secondary N) is 2. The van der Waals surface area contributed by atoms with Gasteiger partial charge < -0.3 is 15.5 Å². The van der Waals surface area contributed by atoms with Crippen molar-refractivity contribution in [3.05, 3.63) is 55.8 Å². The molecule has 3 aliphatic rings. The van der Waals surface area contributed by atoms with Gasteiger partial charge in [-0.1, -0.05) is 37.8 Å². The van der Waals surface area contributed by atoms with Crippen LogP contribution in [0.4, 0.5) is 11.4 Å². The van der Waals surface area contributed by atoms with Gasteiger partial charge in [0.2, 0.25) is 0 Å². The molecule has 2 aliphatic carbocycles. The van der Waals surface area contributed by atoms with Gasteiger partial charge in [0.25, 0.3) is 16.8 Å². The van der Waals surface area contributed by atoms with E-state index in [4.69, 9.17) is 0 Å². The summed E-state index contributed by atoms with van der Waals surface area (Å²) in [5, 5.41) is 6.39. The Morgan fingerprint density at radius 2 is 1.42 bits per heavy atom. The molecule has 2 aromatic carbocycles. The summed E-state index contributed by atoms with van der Waals surface area (Å²) in [6, 6.07) is 8.58. The second kappa shape index (κ2) is 9.67. The number of hydrogen-bond donors (Lipinski definition) is 2. The van der Waals surface area contributed by atoms with Gasteiger partial charge in [-0.25, -0.2) is 0 Å². The minimum absolute atomic E-state index is 0.0890. The molecule has 0 radical (unpaired) electrons. The Morgan fingerprint density at radius 3 is 2.09 bits per heavy atom. The van der Waals surface area contributed by atoms with Crippen LogP contribution in [0, 0.1) is 0 Å². The number of nitrogens with zero attached hydrogens (tertiary/aromatic N) is 2. The van der Waals surface area contributed by atoms with E-state index in [1.54, 1.807) is 0 Å². The van der Waals surface area contributed by atoms with Crippen LogP contribution in [-0.4, -0.2) is 54.0 Å². The fourth-order valence-corrected chi connectivity index (χ4v) is 5.67. The number of carbonyl (C=O) groups is 1.